The highest BCUT2D eigenvalue weighted by molar-refractivity contribution is 6.05. The van der Waals surface area contributed by atoms with Crippen molar-refractivity contribution in [2.24, 2.45) is 0 Å². The summed E-state index contributed by atoms with van der Waals surface area (Å²) in [7, 11) is 1.27. The summed E-state index contributed by atoms with van der Waals surface area (Å²) in [5.74, 6) is -0.890. The Bertz CT molecular complexity index is 303. The number of methoxy groups -OCH3 is 1. The van der Waals surface area contributed by atoms with Gasteiger partial charge in [0.05, 0.1) is 26.1 Å². The number of ether oxygens (including phenoxy) is 1. The van der Waals surface area contributed by atoms with Crippen LogP contribution in [0.1, 0.15) is 19.8 Å². The van der Waals surface area contributed by atoms with Crippen LogP contribution in [0.2, 0.25) is 0 Å². The molecule has 0 aromatic rings. The van der Waals surface area contributed by atoms with E-state index < -0.39 is 12.0 Å². The SMILES string of the molecule is CCCN1C(=O)CC(NCC(=O)OC)C1=O. The highest BCUT2D eigenvalue weighted by Gasteiger charge is 2.37. The van der Waals surface area contributed by atoms with Gasteiger partial charge in [0.25, 0.3) is 0 Å². The van der Waals surface area contributed by atoms with E-state index in [1.807, 2.05) is 6.92 Å². The first-order valence-corrected chi connectivity index (χ1v) is 5.24. The summed E-state index contributed by atoms with van der Waals surface area (Å²) in [5, 5.41) is 2.71. The van der Waals surface area contributed by atoms with Crippen molar-refractivity contribution in [3.63, 3.8) is 0 Å². The minimum atomic E-state index is -0.585. The second-order valence-electron chi connectivity index (χ2n) is 3.60. The lowest BCUT2D eigenvalue weighted by molar-refractivity contribution is -0.139. The molecule has 0 aliphatic carbocycles. The van der Waals surface area contributed by atoms with Gasteiger partial charge in [-0.05, 0) is 6.42 Å². The Morgan fingerprint density at radius 2 is 2.25 bits per heavy atom. The van der Waals surface area contributed by atoms with Crippen molar-refractivity contribution in [3.8, 4) is 0 Å². The van der Waals surface area contributed by atoms with Crippen molar-refractivity contribution in [1.82, 2.24) is 10.2 Å². The molecule has 1 saturated heterocycles. The van der Waals surface area contributed by atoms with Gasteiger partial charge in [0.2, 0.25) is 11.8 Å². The van der Waals surface area contributed by atoms with E-state index in [0.717, 1.165) is 6.42 Å². The Labute approximate surface area is 93.9 Å². The van der Waals surface area contributed by atoms with E-state index in [9.17, 15) is 14.4 Å². The summed E-state index contributed by atoms with van der Waals surface area (Å²) in [6.07, 6.45) is 0.858. The summed E-state index contributed by atoms with van der Waals surface area (Å²) in [4.78, 5) is 35.2. The normalized spacial score (nSPS) is 20.4. The molecule has 1 heterocycles. The maximum absolute atomic E-state index is 11.7. The molecule has 0 saturated carbocycles. The molecule has 0 aromatic carbocycles. The first-order chi connectivity index (χ1) is 7.60. The third-order valence-corrected chi connectivity index (χ3v) is 2.41. The van der Waals surface area contributed by atoms with Gasteiger partial charge in [-0.3, -0.25) is 24.6 Å². The Morgan fingerprint density at radius 3 is 2.81 bits per heavy atom. The summed E-state index contributed by atoms with van der Waals surface area (Å²) in [5.41, 5.74) is 0. The van der Waals surface area contributed by atoms with Gasteiger partial charge in [0, 0.05) is 6.54 Å². The van der Waals surface area contributed by atoms with Crippen LogP contribution in [-0.4, -0.2) is 48.9 Å². The number of hydrogen-bond donors (Lipinski definition) is 1. The first kappa shape index (κ1) is 12.6. The molecule has 0 spiro atoms. The zero-order chi connectivity index (χ0) is 12.1. The van der Waals surface area contributed by atoms with Crippen LogP contribution in [0.5, 0.6) is 0 Å². The number of imide groups is 1. The molecule has 1 aliphatic rings. The molecule has 1 N–H and O–H groups in total. The van der Waals surface area contributed by atoms with Gasteiger partial charge in [-0.2, -0.15) is 0 Å². The van der Waals surface area contributed by atoms with Crippen molar-refractivity contribution in [2.75, 3.05) is 20.2 Å². The lowest BCUT2D eigenvalue weighted by atomic mass is 10.2. The molecule has 6 nitrogen and oxygen atoms in total. The first-order valence-electron chi connectivity index (χ1n) is 5.24. The number of carbonyl (C=O) groups excluding carboxylic acids is 3. The molecule has 1 unspecified atom stereocenters. The number of rotatable bonds is 5. The monoisotopic (exact) mass is 228 g/mol. The van der Waals surface area contributed by atoms with E-state index in [1.54, 1.807) is 0 Å². The van der Waals surface area contributed by atoms with Crippen molar-refractivity contribution < 1.29 is 19.1 Å². The number of carbonyl (C=O) groups is 3. The fourth-order valence-electron chi connectivity index (χ4n) is 1.58. The largest absolute Gasteiger partial charge is 0.468 e. The molecular weight excluding hydrogens is 212 g/mol. The van der Waals surface area contributed by atoms with Crippen LogP contribution >= 0.6 is 0 Å². The summed E-state index contributed by atoms with van der Waals surface area (Å²) >= 11 is 0. The van der Waals surface area contributed by atoms with Crippen LogP contribution in [0.15, 0.2) is 0 Å². The lowest BCUT2D eigenvalue weighted by Crippen LogP contribution is -2.41. The summed E-state index contributed by atoms with van der Waals surface area (Å²) in [6, 6.07) is -0.585. The topological polar surface area (TPSA) is 75.7 Å². The lowest BCUT2D eigenvalue weighted by Gasteiger charge is -2.13. The number of nitrogens with zero attached hydrogens (tertiary/aromatic N) is 1. The number of nitrogens with one attached hydrogen (secondary N) is 1. The van der Waals surface area contributed by atoms with Gasteiger partial charge in [0.15, 0.2) is 0 Å². The summed E-state index contributed by atoms with van der Waals surface area (Å²) in [6.45, 7) is 2.28. The zero-order valence-corrected chi connectivity index (χ0v) is 9.49. The molecule has 1 atom stereocenters. The van der Waals surface area contributed by atoms with Crippen LogP contribution in [0.4, 0.5) is 0 Å². The van der Waals surface area contributed by atoms with E-state index in [1.165, 1.54) is 12.0 Å². The van der Waals surface area contributed by atoms with E-state index >= 15 is 0 Å². The Balaban J connectivity index is 2.49. The average molecular weight is 228 g/mol. The van der Waals surface area contributed by atoms with Crippen LogP contribution < -0.4 is 5.32 Å². The molecule has 1 fully saturated rings. The highest BCUT2D eigenvalue weighted by Crippen LogP contribution is 2.13. The van der Waals surface area contributed by atoms with Crippen LogP contribution in [-0.2, 0) is 19.1 Å². The maximum atomic E-state index is 11.7. The van der Waals surface area contributed by atoms with Crippen LogP contribution in [0, 0.1) is 0 Å². The molecule has 1 aliphatic heterocycles. The zero-order valence-electron chi connectivity index (χ0n) is 9.49. The molecule has 0 bridgehead atoms. The fourth-order valence-corrected chi connectivity index (χ4v) is 1.58. The molecule has 0 radical (unpaired) electrons. The van der Waals surface area contributed by atoms with Crippen molar-refractivity contribution in [1.29, 1.82) is 0 Å². The Hall–Kier alpha value is -1.43. The van der Waals surface area contributed by atoms with Crippen LogP contribution in [0.3, 0.4) is 0 Å². The molecular formula is C10H16N2O4. The molecule has 1 rings (SSSR count). The van der Waals surface area contributed by atoms with E-state index in [4.69, 9.17) is 0 Å². The smallest absolute Gasteiger partial charge is 0.319 e. The van der Waals surface area contributed by atoms with Gasteiger partial charge in [-0.1, -0.05) is 6.92 Å². The third-order valence-electron chi connectivity index (χ3n) is 2.41. The Kier molecular flexibility index (Phi) is 4.42. The minimum absolute atomic E-state index is 0.0554. The van der Waals surface area contributed by atoms with Gasteiger partial charge in [-0.15, -0.1) is 0 Å². The van der Waals surface area contributed by atoms with E-state index in [0.29, 0.717) is 6.54 Å². The molecule has 90 valence electrons. The van der Waals surface area contributed by atoms with Crippen molar-refractivity contribution >= 4 is 17.8 Å². The second kappa shape index (κ2) is 5.60. The minimum Gasteiger partial charge on any atom is -0.468 e. The molecule has 0 aromatic heterocycles. The fraction of sp³-hybridized carbons (Fsp3) is 0.700. The second-order valence-corrected chi connectivity index (χ2v) is 3.60. The quantitative estimate of drug-likeness (QED) is 0.497. The molecule has 6 heteroatoms. The summed E-state index contributed by atoms with van der Waals surface area (Å²) < 4.78 is 4.44. The highest BCUT2D eigenvalue weighted by atomic mass is 16.5. The number of amides is 2. The van der Waals surface area contributed by atoms with E-state index in [2.05, 4.69) is 10.1 Å². The van der Waals surface area contributed by atoms with Gasteiger partial charge in [-0.25, -0.2) is 0 Å². The number of likely N-dealkylation sites (tertiary alicyclic amines) is 1. The molecule has 2 amide bonds. The van der Waals surface area contributed by atoms with Gasteiger partial charge < -0.3 is 4.74 Å². The average Bonchev–Trinajstić information content (AvgIpc) is 2.54. The molecule has 16 heavy (non-hydrogen) atoms. The van der Waals surface area contributed by atoms with Crippen molar-refractivity contribution in [3.05, 3.63) is 0 Å². The van der Waals surface area contributed by atoms with Crippen LogP contribution in [0.25, 0.3) is 0 Å². The number of hydrogen-bond acceptors (Lipinski definition) is 5. The predicted octanol–water partition coefficient (Wildman–Crippen LogP) is -0.713. The maximum Gasteiger partial charge on any atom is 0.319 e. The van der Waals surface area contributed by atoms with Crippen molar-refractivity contribution in [2.45, 2.75) is 25.8 Å². The van der Waals surface area contributed by atoms with Gasteiger partial charge >= 0.3 is 5.97 Å². The van der Waals surface area contributed by atoms with Gasteiger partial charge in [0.1, 0.15) is 0 Å². The Morgan fingerprint density at radius 1 is 1.56 bits per heavy atom. The van der Waals surface area contributed by atoms with E-state index in [-0.39, 0.29) is 24.8 Å². The standard InChI is InChI=1S/C10H16N2O4/c1-3-4-12-8(13)5-7(10(12)15)11-6-9(14)16-2/h7,11H,3-6H2,1-2H3. The number of esters is 1. The third kappa shape index (κ3) is 2.79. The predicted molar refractivity (Wildman–Crippen MR) is 55.4 cm³/mol.